The molecule has 0 N–H and O–H groups in total. The number of hydrogen-bond acceptors (Lipinski definition) is 2. The van der Waals surface area contributed by atoms with Crippen molar-refractivity contribution in [1.82, 2.24) is 9.80 Å². The lowest BCUT2D eigenvalue weighted by Gasteiger charge is -2.47. The Kier molecular flexibility index (Phi) is 7.18. The van der Waals surface area contributed by atoms with E-state index in [4.69, 9.17) is 0 Å². The van der Waals surface area contributed by atoms with E-state index in [9.17, 15) is 0 Å². The summed E-state index contributed by atoms with van der Waals surface area (Å²) in [4.78, 5) is 5.27. The van der Waals surface area contributed by atoms with Gasteiger partial charge in [-0.05, 0) is 24.1 Å². The average Bonchev–Trinajstić information content (AvgIpc) is 2.62. The number of hydrogen-bond donors (Lipinski definition) is 0. The summed E-state index contributed by atoms with van der Waals surface area (Å²) in [6, 6.07) is 11.1. The number of rotatable bonds is 3. The highest BCUT2D eigenvalue weighted by Crippen LogP contribution is 2.42. The highest BCUT2D eigenvalue weighted by molar-refractivity contribution is 5.85. The molecule has 136 valence electrons. The van der Waals surface area contributed by atoms with Crippen molar-refractivity contribution >= 4 is 24.8 Å². The Morgan fingerprint density at radius 3 is 2.60 bits per heavy atom. The van der Waals surface area contributed by atoms with Crippen molar-refractivity contribution in [3.8, 4) is 0 Å². The molecule has 0 amide bonds. The van der Waals surface area contributed by atoms with Gasteiger partial charge in [-0.2, -0.15) is 0 Å². The smallest absolute Gasteiger partial charge is 0.0387 e. The fraction of sp³-hybridized carbons (Fsp3) is 0.429. The molecule has 4 rings (SSSR count). The molecule has 2 atom stereocenters. The van der Waals surface area contributed by atoms with Crippen LogP contribution in [0.3, 0.4) is 0 Å². The van der Waals surface area contributed by atoms with Gasteiger partial charge in [-0.3, -0.25) is 4.90 Å². The second kappa shape index (κ2) is 8.93. The van der Waals surface area contributed by atoms with Crippen LogP contribution in [-0.2, 0) is 0 Å². The third-order valence-electron chi connectivity index (χ3n) is 5.46. The quantitative estimate of drug-likeness (QED) is 0.754. The van der Waals surface area contributed by atoms with E-state index in [-0.39, 0.29) is 24.8 Å². The van der Waals surface area contributed by atoms with E-state index >= 15 is 0 Å². The van der Waals surface area contributed by atoms with E-state index in [2.05, 4.69) is 71.4 Å². The summed E-state index contributed by atoms with van der Waals surface area (Å²) in [7, 11) is 0. The number of nitrogens with zero attached hydrogens (tertiary/aromatic N) is 2. The standard InChI is InChI=1S/C21H26N2.2ClH/c1-2-12-22-13-14-23-15-20(17-8-4-3-5-9-17)18-10-6-7-11-19(18)21(23)16-22;;/h3-11,18,20H,2,12-16H2,1H3;2*1H. The molecule has 2 aliphatic heterocycles. The fourth-order valence-electron chi connectivity index (χ4n) is 4.33. The minimum atomic E-state index is 0. The molecule has 1 fully saturated rings. The first kappa shape index (κ1) is 20.1. The van der Waals surface area contributed by atoms with E-state index in [1.807, 2.05) is 0 Å². The van der Waals surface area contributed by atoms with Gasteiger partial charge >= 0.3 is 0 Å². The van der Waals surface area contributed by atoms with Crippen LogP contribution in [0.5, 0.6) is 0 Å². The Morgan fingerprint density at radius 2 is 1.84 bits per heavy atom. The Bertz CT molecular complexity index is 651. The minimum Gasteiger partial charge on any atom is -0.372 e. The summed E-state index contributed by atoms with van der Waals surface area (Å²) < 4.78 is 0. The lowest BCUT2D eigenvalue weighted by atomic mass is 9.75. The molecule has 2 unspecified atom stereocenters. The van der Waals surface area contributed by atoms with Gasteiger partial charge in [-0.25, -0.2) is 0 Å². The van der Waals surface area contributed by atoms with Crippen LogP contribution < -0.4 is 0 Å². The molecular weight excluding hydrogens is 351 g/mol. The third kappa shape index (κ3) is 3.97. The molecule has 25 heavy (non-hydrogen) atoms. The average molecular weight is 379 g/mol. The van der Waals surface area contributed by atoms with Crippen LogP contribution in [-0.4, -0.2) is 42.5 Å². The van der Waals surface area contributed by atoms with Crippen LogP contribution in [0.1, 0.15) is 24.8 Å². The van der Waals surface area contributed by atoms with Gasteiger partial charge in [0.05, 0.1) is 0 Å². The van der Waals surface area contributed by atoms with Crippen molar-refractivity contribution in [3.05, 3.63) is 71.5 Å². The monoisotopic (exact) mass is 378 g/mol. The van der Waals surface area contributed by atoms with Crippen molar-refractivity contribution < 1.29 is 0 Å². The second-order valence-corrected chi connectivity index (χ2v) is 6.91. The topological polar surface area (TPSA) is 6.48 Å². The molecule has 2 nitrogen and oxygen atoms in total. The molecule has 3 aliphatic rings. The molecule has 0 saturated carbocycles. The van der Waals surface area contributed by atoms with Gasteiger partial charge in [0, 0.05) is 43.7 Å². The lowest BCUT2D eigenvalue weighted by Crippen LogP contribution is -2.50. The molecule has 2 heterocycles. The van der Waals surface area contributed by atoms with E-state index in [1.165, 1.54) is 31.6 Å². The number of allylic oxidation sites excluding steroid dienone is 5. The Balaban J connectivity index is 0.00000113. The van der Waals surface area contributed by atoms with Gasteiger partial charge in [-0.15, -0.1) is 24.8 Å². The first-order valence-corrected chi connectivity index (χ1v) is 8.97. The molecule has 1 aromatic carbocycles. The third-order valence-corrected chi connectivity index (χ3v) is 5.46. The van der Waals surface area contributed by atoms with Crippen LogP contribution in [0.4, 0.5) is 0 Å². The van der Waals surface area contributed by atoms with Crippen molar-refractivity contribution in [1.29, 1.82) is 0 Å². The highest BCUT2D eigenvalue weighted by atomic mass is 35.5. The summed E-state index contributed by atoms with van der Waals surface area (Å²) >= 11 is 0. The maximum Gasteiger partial charge on any atom is 0.0387 e. The molecule has 1 saturated heterocycles. The molecule has 0 bridgehead atoms. The molecule has 1 aliphatic carbocycles. The molecule has 1 aromatic rings. The van der Waals surface area contributed by atoms with E-state index in [0.717, 1.165) is 13.1 Å². The number of fused-ring (bicyclic) bond motifs is 2. The first-order valence-electron chi connectivity index (χ1n) is 8.97. The Morgan fingerprint density at radius 1 is 1.04 bits per heavy atom. The van der Waals surface area contributed by atoms with Crippen LogP contribution in [0.2, 0.25) is 0 Å². The van der Waals surface area contributed by atoms with E-state index in [1.54, 1.807) is 11.3 Å². The summed E-state index contributed by atoms with van der Waals surface area (Å²) in [5, 5.41) is 0. The summed E-state index contributed by atoms with van der Waals surface area (Å²) in [6.45, 7) is 8.16. The highest BCUT2D eigenvalue weighted by Gasteiger charge is 2.36. The van der Waals surface area contributed by atoms with Crippen molar-refractivity contribution in [2.75, 3.05) is 32.7 Å². The summed E-state index contributed by atoms with van der Waals surface area (Å²) in [6.07, 6.45) is 10.5. The van der Waals surface area contributed by atoms with Crippen LogP contribution in [0.15, 0.2) is 65.9 Å². The van der Waals surface area contributed by atoms with Gasteiger partial charge < -0.3 is 4.90 Å². The predicted octanol–water partition coefficient (Wildman–Crippen LogP) is 4.65. The van der Waals surface area contributed by atoms with Gasteiger partial charge in [0.2, 0.25) is 0 Å². The zero-order valence-electron chi connectivity index (χ0n) is 14.8. The molecule has 4 heteroatoms. The maximum atomic E-state index is 2.65. The van der Waals surface area contributed by atoms with Gasteiger partial charge in [-0.1, -0.05) is 61.6 Å². The molecular formula is C21H28Cl2N2. The summed E-state index contributed by atoms with van der Waals surface area (Å²) in [5.74, 6) is 1.11. The number of halogens is 2. The second-order valence-electron chi connectivity index (χ2n) is 6.91. The zero-order chi connectivity index (χ0) is 15.6. The van der Waals surface area contributed by atoms with Gasteiger partial charge in [0.15, 0.2) is 0 Å². The van der Waals surface area contributed by atoms with E-state index in [0.29, 0.717) is 11.8 Å². The number of benzene rings is 1. The minimum absolute atomic E-state index is 0. The first-order chi connectivity index (χ1) is 11.4. The van der Waals surface area contributed by atoms with Crippen molar-refractivity contribution in [2.24, 2.45) is 5.92 Å². The molecule has 0 spiro atoms. The largest absolute Gasteiger partial charge is 0.372 e. The van der Waals surface area contributed by atoms with Gasteiger partial charge in [0.25, 0.3) is 0 Å². The Hall–Kier alpha value is -1.22. The zero-order valence-corrected chi connectivity index (χ0v) is 16.4. The molecule has 0 radical (unpaired) electrons. The Labute approximate surface area is 164 Å². The van der Waals surface area contributed by atoms with Crippen LogP contribution in [0, 0.1) is 5.92 Å². The normalized spacial score (nSPS) is 24.9. The van der Waals surface area contributed by atoms with Crippen LogP contribution in [0.25, 0.3) is 0 Å². The lowest BCUT2D eigenvalue weighted by molar-refractivity contribution is 0.152. The van der Waals surface area contributed by atoms with Crippen molar-refractivity contribution in [3.63, 3.8) is 0 Å². The SMILES string of the molecule is CCCN1CCN2CC(c3ccccc3)C3C=CC=CC3=C2C1.Cl.Cl. The molecule has 0 aromatic heterocycles. The predicted molar refractivity (Wildman–Crippen MR) is 111 cm³/mol. The van der Waals surface area contributed by atoms with Crippen LogP contribution >= 0.6 is 24.8 Å². The van der Waals surface area contributed by atoms with E-state index < -0.39 is 0 Å². The van der Waals surface area contributed by atoms with Gasteiger partial charge in [0.1, 0.15) is 0 Å². The fourth-order valence-corrected chi connectivity index (χ4v) is 4.33. The maximum absolute atomic E-state index is 2.65. The number of piperazine rings is 1. The summed E-state index contributed by atoms with van der Waals surface area (Å²) in [5.41, 5.74) is 4.60. The van der Waals surface area contributed by atoms with Crippen molar-refractivity contribution in [2.45, 2.75) is 19.3 Å².